The molecule has 2 aromatic heterocycles. The third-order valence-electron chi connectivity index (χ3n) is 11.0. The van der Waals surface area contributed by atoms with Crippen LogP contribution >= 0.6 is 11.3 Å². The zero-order valence-corrected chi connectivity index (χ0v) is 30.7. The van der Waals surface area contributed by atoms with E-state index in [1.165, 1.54) is 75.0 Å². The van der Waals surface area contributed by atoms with Crippen molar-refractivity contribution in [2.75, 3.05) is 4.90 Å². The summed E-state index contributed by atoms with van der Waals surface area (Å²) in [4.78, 5) is 2.40. The molecule has 258 valence electrons. The van der Waals surface area contributed by atoms with Crippen molar-refractivity contribution in [2.24, 2.45) is 0 Å². The van der Waals surface area contributed by atoms with E-state index in [1.807, 2.05) is 11.3 Å². The molecule has 2 nitrogen and oxygen atoms in total. The van der Waals surface area contributed by atoms with Gasteiger partial charge in [-0.25, -0.2) is 0 Å². The van der Waals surface area contributed by atoms with Crippen LogP contribution in [0.1, 0.15) is 0 Å². The first-order valence-corrected chi connectivity index (χ1v) is 19.6. The second-order valence-electron chi connectivity index (χ2n) is 14.2. The van der Waals surface area contributed by atoms with Gasteiger partial charge in [0, 0.05) is 59.1 Å². The predicted molar refractivity (Wildman–Crippen MR) is 237 cm³/mol. The lowest BCUT2D eigenvalue weighted by Gasteiger charge is -2.26. The summed E-state index contributed by atoms with van der Waals surface area (Å²) in [7, 11) is 0. The Labute approximate surface area is 323 Å². The fraction of sp³-hybridized carbons (Fsp3) is 0. The van der Waals surface area contributed by atoms with E-state index in [1.54, 1.807) is 0 Å². The molecule has 0 N–H and O–H groups in total. The molecule has 11 rings (SSSR count). The van der Waals surface area contributed by atoms with Crippen LogP contribution in [0.2, 0.25) is 0 Å². The first-order valence-electron chi connectivity index (χ1n) is 18.8. The molecule has 0 saturated carbocycles. The van der Waals surface area contributed by atoms with Gasteiger partial charge in [-0.1, -0.05) is 133 Å². The molecule has 2 heterocycles. The fourth-order valence-corrected chi connectivity index (χ4v) is 9.45. The van der Waals surface area contributed by atoms with E-state index in [-0.39, 0.29) is 0 Å². The van der Waals surface area contributed by atoms with Gasteiger partial charge < -0.3 is 9.47 Å². The normalized spacial score (nSPS) is 11.6. The van der Waals surface area contributed by atoms with Gasteiger partial charge in [0.05, 0.1) is 11.0 Å². The van der Waals surface area contributed by atoms with E-state index >= 15 is 0 Å². The molecule has 0 aliphatic rings. The van der Waals surface area contributed by atoms with Gasteiger partial charge in [-0.2, -0.15) is 0 Å². The number of fused-ring (bicyclic) bond motifs is 8. The topological polar surface area (TPSA) is 8.17 Å². The van der Waals surface area contributed by atoms with E-state index in [4.69, 9.17) is 0 Å². The third-order valence-corrected chi connectivity index (χ3v) is 12.1. The van der Waals surface area contributed by atoms with Crippen LogP contribution in [0.4, 0.5) is 17.1 Å². The van der Waals surface area contributed by atoms with Crippen LogP contribution in [0.5, 0.6) is 0 Å². The average Bonchev–Trinajstić information content (AvgIpc) is 3.80. The van der Waals surface area contributed by atoms with Crippen molar-refractivity contribution in [2.45, 2.75) is 0 Å². The average molecular weight is 719 g/mol. The second-order valence-corrected chi connectivity index (χ2v) is 15.2. The van der Waals surface area contributed by atoms with Crippen molar-refractivity contribution in [3.8, 4) is 27.9 Å². The highest BCUT2D eigenvalue weighted by Gasteiger charge is 2.18. The number of aromatic nitrogens is 1. The maximum absolute atomic E-state index is 2.43. The SMILES string of the molecule is c1ccc(-c2ccc(N(c3cccc(-c4ccc5c(c4)c4ccc6ccccc6c4n5-c4ccccc4)c3)c3ccc4sc5ccccc5c4c3)cc2)cc1. The maximum Gasteiger partial charge on any atom is 0.0619 e. The molecular formula is C52H34N2S. The minimum absolute atomic E-state index is 1.11. The Morgan fingerprint density at radius 3 is 1.84 bits per heavy atom. The van der Waals surface area contributed by atoms with Gasteiger partial charge in [-0.05, 0) is 100 Å². The number of hydrogen-bond acceptors (Lipinski definition) is 2. The van der Waals surface area contributed by atoms with Crippen LogP contribution in [-0.2, 0) is 0 Å². The predicted octanol–water partition coefficient (Wildman–Crippen LogP) is 15.1. The summed E-state index contributed by atoms with van der Waals surface area (Å²) >= 11 is 1.86. The number of para-hydroxylation sites is 1. The van der Waals surface area contributed by atoms with E-state index in [9.17, 15) is 0 Å². The first kappa shape index (κ1) is 31.6. The summed E-state index contributed by atoms with van der Waals surface area (Å²) in [6.45, 7) is 0. The molecule has 0 aliphatic carbocycles. The number of nitrogens with zero attached hydrogens (tertiary/aromatic N) is 2. The molecule has 0 spiro atoms. The Kier molecular flexibility index (Phi) is 7.39. The number of benzene rings is 9. The Hall–Kier alpha value is -6.94. The van der Waals surface area contributed by atoms with E-state index < -0.39 is 0 Å². The highest BCUT2D eigenvalue weighted by atomic mass is 32.1. The highest BCUT2D eigenvalue weighted by molar-refractivity contribution is 7.25. The summed E-state index contributed by atoms with van der Waals surface area (Å²) in [5.74, 6) is 0. The lowest BCUT2D eigenvalue weighted by Crippen LogP contribution is -2.10. The van der Waals surface area contributed by atoms with Crippen molar-refractivity contribution in [1.82, 2.24) is 4.57 Å². The zero-order chi connectivity index (χ0) is 36.3. The molecule has 0 fully saturated rings. The number of rotatable bonds is 6. The van der Waals surface area contributed by atoms with Crippen LogP contribution in [0.25, 0.3) is 80.7 Å². The van der Waals surface area contributed by atoms with Gasteiger partial charge in [-0.3, -0.25) is 0 Å². The van der Waals surface area contributed by atoms with Crippen LogP contribution in [0.3, 0.4) is 0 Å². The van der Waals surface area contributed by atoms with Crippen LogP contribution in [0, 0.1) is 0 Å². The minimum atomic E-state index is 1.11. The van der Waals surface area contributed by atoms with Gasteiger partial charge in [0.15, 0.2) is 0 Å². The van der Waals surface area contributed by atoms with Crippen LogP contribution < -0.4 is 4.90 Å². The second kappa shape index (κ2) is 12.9. The summed E-state index contributed by atoms with van der Waals surface area (Å²) in [5.41, 5.74) is 11.7. The van der Waals surface area contributed by atoms with Crippen molar-refractivity contribution < 1.29 is 0 Å². The third kappa shape index (κ3) is 5.32. The molecule has 55 heavy (non-hydrogen) atoms. The first-order chi connectivity index (χ1) is 27.3. The molecule has 0 saturated heterocycles. The Bertz CT molecular complexity index is 3190. The standard InChI is InChI=1S/C52H34N2S/c1-3-12-35(13-4-1)36-22-26-41(27-23-36)53(43-28-31-51-48(34-43)45-20-9-10-21-50(45)55-51)42-18-11-15-38(32-42)39-25-30-49-47(33-39)46-29-24-37-14-7-8-19-44(37)52(46)54(49)40-16-5-2-6-17-40/h1-34H. The molecule has 0 amide bonds. The summed E-state index contributed by atoms with van der Waals surface area (Å²) in [6.07, 6.45) is 0. The lowest BCUT2D eigenvalue weighted by molar-refractivity contribution is 1.19. The highest BCUT2D eigenvalue weighted by Crippen LogP contribution is 2.43. The smallest absolute Gasteiger partial charge is 0.0619 e. The van der Waals surface area contributed by atoms with Crippen molar-refractivity contribution in [3.63, 3.8) is 0 Å². The van der Waals surface area contributed by atoms with Crippen molar-refractivity contribution in [3.05, 3.63) is 206 Å². The Morgan fingerprint density at radius 1 is 0.345 bits per heavy atom. The molecule has 0 bridgehead atoms. The maximum atomic E-state index is 2.43. The van der Waals surface area contributed by atoms with Gasteiger partial charge >= 0.3 is 0 Å². The molecule has 0 unspecified atom stereocenters. The molecule has 0 atom stereocenters. The quantitative estimate of drug-likeness (QED) is 0.166. The summed E-state index contributed by atoms with van der Waals surface area (Å²) in [5, 5.41) is 7.59. The minimum Gasteiger partial charge on any atom is -0.310 e. The lowest BCUT2D eigenvalue weighted by atomic mass is 10.0. The van der Waals surface area contributed by atoms with Gasteiger partial charge in [0.2, 0.25) is 0 Å². The molecular weight excluding hydrogens is 685 g/mol. The molecule has 9 aromatic carbocycles. The largest absolute Gasteiger partial charge is 0.310 e. The van der Waals surface area contributed by atoms with E-state index in [2.05, 4.69) is 216 Å². The number of anilines is 3. The molecule has 11 aromatic rings. The van der Waals surface area contributed by atoms with E-state index in [0.29, 0.717) is 0 Å². The molecule has 0 radical (unpaired) electrons. The number of thiophene rings is 1. The van der Waals surface area contributed by atoms with Crippen LogP contribution in [0.15, 0.2) is 206 Å². The molecule has 0 aliphatic heterocycles. The van der Waals surface area contributed by atoms with Gasteiger partial charge in [0.25, 0.3) is 0 Å². The Morgan fingerprint density at radius 2 is 0.982 bits per heavy atom. The summed E-state index contributed by atoms with van der Waals surface area (Å²) in [6, 6.07) is 75.2. The number of hydrogen-bond donors (Lipinski definition) is 0. The summed E-state index contributed by atoms with van der Waals surface area (Å²) < 4.78 is 5.04. The van der Waals surface area contributed by atoms with Crippen LogP contribution in [-0.4, -0.2) is 4.57 Å². The molecule has 3 heteroatoms. The van der Waals surface area contributed by atoms with Gasteiger partial charge in [-0.15, -0.1) is 11.3 Å². The van der Waals surface area contributed by atoms with Crippen molar-refractivity contribution in [1.29, 1.82) is 0 Å². The Balaban J connectivity index is 1.08. The van der Waals surface area contributed by atoms with E-state index in [0.717, 1.165) is 22.7 Å². The zero-order valence-electron chi connectivity index (χ0n) is 29.9. The monoisotopic (exact) mass is 718 g/mol. The fourth-order valence-electron chi connectivity index (χ4n) is 8.36. The van der Waals surface area contributed by atoms with Gasteiger partial charge in [0.1, 0.15) is 0 Å². The van der Waals surface area contributed by atoms with Crippen molar-refractivity contribution >= 4 is 81.1 Å².